The highest BCUT2D eigenvalue weighted by Crippen LogP contribution is 2.20. The summed E-state index contributed by atoms with van der Waals surface area (Å²) in [4.78, 5) is 36.5. The Morgan fingerprint density at radius 1 is 1.18 bits per heavy atom. The van der Waals surface area contributed by atoms with E-state index in [4.69, 9.17) is 0 Å². The molecule has 0 amide bonds. The number of nitrogens with one attached hydrogen (secondary N) is 2. The molecule has 0 aliphatic heterocycles. The van der Waals surface area contributed by atoms with Crippen LogP contribution < -0.4 is 10.6 Å². The summed E-state index contributed by atoms with van der Waals surface area (Å²) in [6.07, 6.45) is 2.16. The van der Waals surface area contributed by atoms with Crippen molar-refractivity contribution in [3.63, 3.8) is 0 Å². The maximum Gasteiger partial charge on any atom is 0.434 e. The number of imidazole rings is 1. The van der Waals surface area contributed by atoms with Crippen LogP contribution in [-0.4, -0.2) is 50.7 Å². The summed E-state index contributed by atoms with van der Waals surface area (Å²) in [5, 5.41) is 24.0. The molecular formula is C17H31N7O4. The van der Waals surface area contributed by atoms with Crippen LogP contribution in [0.5, 0.6) is 0 Å². The van der Waals surface area contributed by atoms with Crippen molar-refractivity contribution < 1.29 is 4.92 Å². The number of rotatable bonds is 13. The van der Waals surface area contributed by atoms with Gasteiger partial charge in [-0.2, -0.15) is 9.81 Å². The fourth-order valence-corrected chi connectivity index (χ4v) is 2.69. The van der Waals surface area contributed by atoms with E-state index in [9.17, 15) is 19.9 Å². The molecule has 158 valence electrons. The van der Waals surface area contributed by atoms with Gasteiger partial charge in [-0.1, -0.05) is 15.3 Å². The zero-order valence-corrected chi connectivity index (χ0v) is 17.4. The zero-order valence-electron chi connectivity index (χ0n) is 17.4. The first-order valence-corrected chi connectivity index (χ1v) is 9.27. The highest BCUT2D eigenvalue weighted by Gasteiger charge is 2.34. The van der Waals surface area contributed by atoms with Crippen LogP contribution in [0.3, 0.4) is 0 Å². The number of aromatic nitrogens is 2. The predicted octanol–water partition coefficient (Wildman–Crippen LogP) is 2.52. The Hall–Kier alpha value is -2.27. The molecule has 0 fully saturated rings. The Morgan fingerprint density at radius 3 is 2.25 bits per heavy atom. The lowest BCUT2D eigenvalue weighted by Gasteiger charge is -2.31. The normalized spacial score (nSPS) is 14.5. The van der Waals surface area contributed by atoms with Crippen LogP contribution in [0, 0.1) is 26.9 Å². The molecule has 2 atom stereocenters. The van der Waals surface area contributed by atoms with Crippen molar-refractivity contribution in [2.24, 2.45) is 10.4 Å². The molecule has 1 aromatic rings. The number of hydrogen-bond acceptors (Lipinski definition) is 9. The SMILES string of the molecule is Cc1cnc([N+](=O)[O-])n1CC(N=O)C(C)(C)NCCCNC(C)(C)C(C)N=O. The Balaban J connectivity index is 2.63. The Bertz CT molecular complexity index is 687. The first-order valence-electron chi connectivity index (χ1n) is 9.27. The molecule has 1 aromatic heterocycles. The molecule has 0 aliphatic rings. The Morgan fingerprint density at radius 2 is 1.75 bits per heavy atom. The van der Waals surface area contributed by atoms with Gasteiger partial charge in [0, 0.05) is 11.1 Å². The first kappa shape index (κ1) is 23.8. The summed E-state index contributed by atoms with van der Waals surface area (Å²) >= 11 is 0. The van der Waals surface area contributed by atoms with Gasteiger partial charge in [0.2, 0.25) is 0 Å². The highest BCUT2D eigenvalue weighted by atomic mass is 16.6. The third kappa shape index (κ3) is 6.13. The van der Waals surface area contributed by atoms with Crippen LogP contribution in [0.25, 0.3) is 0 Å². The third-order valence-electron chi connectivity index (χ3n) is 5.23. The van der Waals surface area contributed by atoms with E-state index in [1.165, 1.54) is 10.8 Å². The molecule has 0 aromatic carbocycles. The van der Waals surface area contributed by atoms with Gasteiger partial charge in [0.1, 0.15) is 24.0 Å². The molecule has 0 saturated heterocycles. The van der Waals surface area contributed by atoms with Gasteiger partial charge in [0.05, 0.1) is 6.54 Å². The van der Waals surface area contributed by atoms with E-state index in [0.717, 1.165) is 6.42 Å². The van der Waals surface area contributed by atoms with Crippen LogP contribution in [0.15, 0.2) is 16.6 Å². The zero-order chi connectivity index (χ0) is 21.5. The second-order valence-electron chi connectivity index (χ2n) is 8.12. The lowest BCUT2D eigenvalue weighted by atomic mass is 9.94. The van der Waals surface area contributed by atoms with E-state index < -0.39 is 22.0 Å². The van der Waals surface area contributed by atoms with Gasteiger partial charge in [-0.25, -0.2) is 4.57 Å². The van der Waals surface area contributed by atoms with Crippen molar-refractivity contribution in [3.05, 3.63) is 31.8 Å². The summed E-state index contributed by atoms with van der Waals surface area (Å²) in [5.74, 6) is -0.300. The minimum absolute atomic E-state index is 0.0689. The van der Waals surface area contributed by atoms with Gasteiger partial charge in [-0.05, 0) is 66.0 Å². The molecular weight excluding hydrogens is 366 g/mol. The molecule has 0 bridgehead atoms. The van der Waals surface area contributed by atoms with Crippen molar-refractivity contribution in [3.8, 4) is 0 Å². The first-order chi connectivity index (χ1) is 13.0. The molecule has 2 N–H and O–H groups in total. The van der Waals surface area contributed by atoms with E-state index in [1.807, 2.05) is 27.7 Å². The summed E-state index contributed by atoms with van der Waals surface area (Å²) in [6.45, 7) is 12.3. The quantitative estimate of drug-likeness (QED) is 0.225. The molecule has 11 heteroatoms. The van der Waals surface area contributed by atoms with Gasteiger partial charge < -0.3 is 20.7 Å². The summed E-state index contributed by atoms with van der Waals surface area (Å²) in [6, 6.07) is -1.07. The van der Waals surface area contributed by atoms with Crippen LogP contribution in [0.1, 0.15) is 46.7 Å². The fourth-order valence-electron chi connectivity index (χ4n) is 2.69. The Kier molecular flexibility index (Phi) is 8.30. The second-order valence-corrected chi connectivity index (χ2v) is 8.12. The van der Waals surface area contributed by atoms with Gasteiger partial charge in [-0.15, -0.1) is 0 Å². The van der Waals surface area contributed by atoms with Crippen LogP contribution >= 0.6 is 0 Å². The van der Waals surface area contributed by atoms with E-state index in [2.05, 4.69) is 26.0 Å². The summed E-state index contributed by atoms with van der Waals surface area (Å²) in [7, 11) is 0. The van der Waals surface area contributed by atoms with Gasteiger partial charge in [-0.3, -0.25) is 0 Å². The number of nitroso groups, excluding NO2 is 2. The number of nitrogens with zero attached hydrogens (tertiary/aromatic N) is 5. The largest absolute Gasteiger partial charge is 0.434 e. The highest BCUT2D eigenvalue weighted by molar-refractivity contribution is 5.15. The van der Waals surface area contributed by atoms with Crippen molar-refractivity contribution in [1.82, 2.24) is 20.2 Å². The minimum Gasteiger partial charge on any atom is -0.390 e. The van der Waals surface area contributed by atoms with Crippen molar-refractivity contribution in [2.45, 2.75) is 77.7 Å². The standard InChI is InChI=1S/C17H31N7O4/c1-12-10-18-15(24(27)28)23(12)11-14(22-26)17(5,6)20-9-7-8-19-16(3,4)13(2)21-25/h10,13-14,19-20H,7-9,11H2,1-6H3. The van der Waals surface area contributed by atoms with Crippen molar-refractivity contribution >= 4 is 5.95 Å². The molecule has 0 radical (unpaired) electrons. The van der Waals surface area contributed by atoms with E-state index in [0.29, 0.717) is 18.8 Å². The van der Waals surface area contributed by atoms with Crippen molar-refractivity contribution in [1.29, 1.82) is 0 Å². The monoisotopic (exact) mass is 397 g/mol. The van der Waals surface area contributed by atoms with E-state index in [1.54, 1.807) is 13.8 Å². The van der Waals surface area contributed by atoms with Crippen LogP contribution in [-0.2, 0) is 6.54 Å². The van der Waals surface area contributed by atoms with Gasteiger partial charge >= 0.3 is 5.95 Å². The second kappa shape index (κ2) is 9.78. The number of nitro groups is 1. The minimum atomic E-state index is -0.720. The van der Waals surface area contributed by atoms with Crippen LogP contribution in [0.2, 0.25) is 0 Å². The number of aryl methyl sites for hydroxylation is 1. The van der Waals surface area contributed by atoms with Crippen molar-refractivity contribution in [2.75, 3.05) is 13.1 Å². The summed E-state index contributed by atoms with van der Waals surface area (Å²) < 4.78 is 1.40. The Labute approximate surface area is 164 Å². The van der Waals surface area contributed by atoms with Gasteiger partial charge in [0.25, 0.3) is 0 Å². The lowest BCUT2D eigenvalue weighted by Crippen LogP contribution is -2.52. The molecule has 28 heavy (non-hydrogen) atoms. The molecule has 0 saturated carbocycles. The number of hydrogen-bond donors (Lipinski definition) is 2. The molecule has 1 heterocycles. The topological polar surface area (TPSA) is 144 Å². The molecule has 0 spiro atoms. The van der Waals surface area contributed by atoms with Crippen LogP contribution in [0.4, 0.5) is 5.95 Å². The average Bonchev–Trinajstić information content (AvgIpc) is 2.98. The fraction of sp³-hybridized carbons (Fsp3) is 0.824. The summed E-state index contributed by atoms with van der Waals surface area (Å²) in [5.41, 5.74) is -0.470. The molecule has 2 unspecified atom stereocenters. The maximum atomic E-state index is 11.5. The molecule has 1 rings (SSSR count). The predicted molar refractivity (Wildman–Crippen MR) is 107 cm³/mol. The average molecular weight is 397 g/mol. The molecule has 11 nitrogen and oxygen atoms in total. The maximum absolute atomic E-state index is 11.5. The van der Waals surface area contributed by atoms with E-state index >= 15 is 0 Å². The van der Waals surface area contributed by atoms with Gasteiger partial charge in [0.15, 0.2) is 0 Å². The lowest BCUT2D eigenvalue weighted by molar-refractivity contribution is -0.396. The smallest absolute Gasteiger partial charge is 0.390 e. The molecule has 0 aliphatic carbocycles. The van der Waals surface area contributed by atoms with E-state index in [-0.39, 0.29) is 18.5 Å². The third-order valence-corrected chi connectivity index (χ3v) is 5.23.